The molecule has 0 saturated carbocycles. The number of fused-ring (bicyclic) bond motifs is 1. The molecule has 0 aromatic heterocycles. The lowest BCUT2D eigenvalue weighted by Gasteiger charge is -2.33. The number of ether oxygens (including phenoxy) is 1. The molecule has 31 heavy (non-hydrogen) atoms. The number of piperazine rings is 1. The van der Waals surface area contributed by atoms with Gasteiger partial charge < -0.3 is 9.64 Å². The van der Waals surface area contributed by atoms with Gasteiger partial charge in [-0.25, -0.2) is 8.42 Å². The Kier molecular flexibility index (Phi) is 6.43. The van der Waals surface area contributed by atoms with Gasteiger partial charge in [0, 0.05) is 55.3 Å². The van der Waals surface area contributed by atoms with Crippen LogP contribution in [0.5, 0.6) is 5.75 Å². The summed E-state index contributed by atoms with van der Waals surface area (Å²) in [4.78, 5) is 26.0. The lowest BCUT2D eigenvalue weighted by Crippen LogP contribution is -2.49. The molecule has 2 aliphatic rings. The van der Waals surface area contributed by atoms with Crippen molar-refractivity contribution in [2.45, 2.75) is 18.6 Å². The van der Waals surface area contributed by atoms with Crippen molar-refractivity contribution >= 4 is 33.4 Å². The van der Waals surface area contributed by atoms with Crippen molar-refractivity contribution in [3.05, 3.63) is 64.2 Å². The van der Waals surface area contributed by atoms with Crippen LogP contribution in [0.15, 0.2) is 42.5 Å². The molecule has 2 aromatic carbocycles. The number of esters is 1. The van der Waals surface area contributed by atoms with Crippen molar-refractivity contribution in [1.29, 1.82) is 0 Å². The molecule has 7 nitrogen and oxygen atoms in total. The molecular weight excluding hydrogens is 440 g/mol. The molecule has 2 aliphatic heterocycles. The SMILES string of the molecule is O=C1Cc2ccc(C(=O)CCN3CCN(S(=O)(=O)Cc4ccc(Cl)cc4)CC3)cc2O1. The van der Waals surface area contributed by atoms with Crippen LogP contribution in [0.4, 0.5) is 0 Å². The van der Waals surface area contributed by atoms with Crippen molar-refractivity contribution in [3.63, 3.8) is 0 Å². The molecule has 0 unspecified atom stereocenters. The van der Waals surface area contributed by atoms with Gasteiger partial charge in [-0.3, -0.25) is 9.59 Å². The summed E-state index contributed by atoms with van der Waals surface area (Å²) in [6.07, 6.45) is 0.569. The van der Waals surface area contributed by atoms with E-state index in [2.05, 4.69) is 4.90 Å². The average molecular weight is 463 g/mol. The van der Waals surface area contributed by atoms with Gasteiger partial charge in [-0.1, -0.05) is 35.9 Å². The minimum Gasteiger partial charge on any atom is -0.426 e. The van der Waals surface area contributed by atoms with E-state index < -0.39 is 10.0 Å². The summed E-state index contributed by atoms with van der Waals surface area (Å²) in [5.74, 6) is 0.0911. The minimum absolute atomic E-state index is 0.0245. The summed E-state index contributed by atoms with van der Waals surface area (Å²) in [7, 11) is -3.40. The Bertz CT molecular complexity index is 1090. The van der Waals surface area contributed by atoms with Crippen molar-refractivity contribution in [2.75, 3.05) is 32.7 Å². The average Bonchev–Trinajstić information content (AvgIpc) is 3.13. The van der Waals surface area contributed by atoms with E-state index >= 15 is 0 Å². The van der Waals surface area contributed by atoms with E-state index in [9.17, 15) is 18.0 Å². The van der Waals surface area contributed by atoms with Crippen LogP contribution in [-0.2, 0) is 27.0 Å². The maximum absolute atomic E-state index is 12.7. The number of benzene rings is 2. The first-order chi connectivity index (χ1) is 14.8. The van der Waals surface area contributed by atoms with Gasteiger partial charge >= 0.3 is 5.97 Å². The fourth-order valence-electron chi connectivity index (χ4n) is 3.80. The van der Waals surface area contributed by atoms with Crippen LogP contribution in [0.3, 0.4) is 0 Å². The van der Waals surface area contributed by atoms with E-state index in [0.29, 0.717) is 61.0 Å². The molecule has 2 aromatic rings. The second kappa shape index (κ2) is 9.08. The van der Waals surface area contributed by atoms with Crippen LogP contribution in [0.1, 0.15) is 27.9 Å². The van der Waals surface area contributed by atoms with E-state index in [1.54, 1.807) is 42.5 Å². The summed E-state index contributed by atoms with van der Waals surface area (Å²) in [5, 5.41) is 0.574. The number of carbonyl (C=O) groups is 2. The van der Waals surface area contributed by atoms with Crippen molar-refractivity contribution in [2.24, 2.45) is 0 Å². The number of ketones is 1. The number of hydrogen-bond donors (Lipinski definition) is 0. The number of rotatable bonds is 7. The monoisotopic (exact) mass is 462 g/mol. The maximum Gasteiger partial charge on any atom is 0.315 e. The summed E-state index contributed by atoms with van der Waals surface area (Å²) in [6, 6.07) is 11.9. The van der Waals surface area contributed by atoms with E-state index in [0.717, 1.165) is 5.56 Å². The summed E-state index contributed by atoms with van der Waals surface area (Å²) in [6.45, 7) is 2.52. The highest BCUT2D eigenvalue weighted by Gasteiger charge is 2.27. The first kappa shape index (κ1) is 22.0. The predicted molar refractivity (Wildman–Crippen MR) is 117 cm³/mol. The van der Waals surface area contributed by atoms with Crippen LogP contribution in [0.25, 0.3) is 0 Å². The zero-order chi connectivity index (χ0) is 22.0. The van der Waals surface area contributed by atoms with Gasteiger partial charge in [-0.2, -0.15) is 4.31 Å². The van der Waals surface area contributed by atoms with Crippen LogP contribution in [-0.4, -0.2) is 62.1 Å². The third kappa shape index (κ3) is 5.33. The molecule has 0 aliphatic carbocycles. The standard InChI is InChI=1S/C22H23ClN2O5S/c23-19-5-1-16(2-6-19)15-31(28,29)25-11-9-24(10-12-25)8-7-20(26)17-3-4-18-14-22(27)30-21(18)13-17/h1-6,13H,7-12,14-15H2. The lowest BCUT2D eigenvalue weighted by molar-refractivity contribution is -0.131. The second-order valence-corrected chi connectivity index (χ2v) is 10.2. The highest BCUT2D eigenvalue weighted by molar-refractivity contribution is 7.88. The molecule has 0 bridgehead atoms. The van der Waals surface area contributed by atoms with Crippen LogP contribution in [0, 0.1) is 0 Å². The van der Waals surface area contributed by atoms with E-state index in [1.165, 1.54) is 4.31 Å². The van der Waals surface area contributed by atoms with Gasteiger partial charge in [0.25, 0.3) is 0 Å². The second-order valence-electron chi connectivity index (χ2n) is 7.77. The number of nitrogens with zero attached hydrogens (tertiary/aromatic N) is 2. The number of carbonyl (C=O) groups excluding carboxylic acids is 2. The molecule has 0 atom stereocenters. The Labute approximate surface area is 186 Å². The van der Waals surface area contributed by atoms with Gasteiger partial charge in [-0.05, 0) is 23.8 Å². The highest BCUT2D eigenvalue weighted by atomic mass is 35.5. The fraction of sp³-hybridized carbons (Fsp3) is 0.364. The maximum atomic E-state index is 12.7. The van der Waals surface area contributed by atoms with Crippen LogP contribution >= 0.6 is 11.6 Å². The van der Waals surface area contributed by atoms with Crippen molar-refractivity contribution < 1.29 is 22.7 Å². The van der Waals surface area contributed by atoms with Gasteiger partial charge in [0.15, 0.2) is 5.78 Å². The van der Waals surface area contributed by atoms with Gasteiger partial charge in [0.1, 0.15) is 5.75 Å². The van der Waals surface area contributed by atoms with E-state index in [1.807, 2.05) is 0 Å². The normalized spacial score (nSPS) is 17.4. The molecule has 1 fully saturated rings. The molecule has 0 amide bonds. The first-order valence-electron chi connectivity index (χ1n) is 10.1. The molecule has 0 radical (unpaired) electrons. The molecule has 4 rings (SSSR count). The van der Waals surface area contributed by atoms with Crippen LogP contribution < -0.4 is 4.74 Å². The van der Waals surface area contributed by atoms with Crippen molar-refractivity contribution in [1.82, 2.24) is 9.21 Å². The number of Topliss-reactive ketones (excluding diaryl/α,β-unsaturated/α-hetero) is 1. The van der Waals surface area contributed by atoms with Gasteiger partial charge in [-0.15, -0.1) is 0 Å². The van der Waals surface area contributed by atoms with E-state index in [4.69, 9.17) is 16.3 Å². The van der Waals surface area contributed by atoms with Gasteiger partial charge in [0.05, 0.1) is 12.2 Å². The molecule has 0 spiro atoms. The van der Waals surface area contributed by atoms with Crippen molar-refractivity contribution in [3.8, 4) is 5.75 Å². The number of hydrogen-bond acceptors (Lipinski definition) is 6. The molecule has 164 valence electrons. The summed E-state index contributed by atoms with van der Waals surface area (Å²) in [5.41, 5.74) is 2.03. The third-order valence-electron chi connectivity index (χ3n) is 5.59. The molecular formula is C22H23ClN2O5S. The first-order valence-corrected chi connectivity index (χ1v) is 12.1. The number of sulfonamides is 1. The largest absolute Gasteiger partial charge is 0.426 e. The van der Waals surface area contributed by atoms with Crippen LogP contribution in [0.2, 0.25) is 5.02 Å². The Morgan fingerprint density at radius 3 is 2.45 bits per heavy atom. The summed E-state index contributed by atoms with van der Waals surface area (Å²) >= 11 is 5.86. The fourth-order valence-corrected chi connectivity index (χ4v) is 5.44. The molecule has 0 N–H and O–H groups in total. The minimum atomic E-state index is -3.40. The molecule has 9 heteroatoms. The Balaban J connectivity index is 1.26. The Morgan fingerprint density at radius 1 is 1.03 bits per heavy atom. The zero-order valence-corrected chi connectivity index (χ0v) is 18.5. The number of halogens is 1. The Morgan fingerprint density at radius 2 is 1.74 bits per heavy atom. The summed E-state index contributed by atoms with van der Waals surface area (Å²) < 4.78 is 32.0. The predicted octanol–water partition coefficient (Wildman–Crippen LogP) is 2.52. The smallest absolute Gasteiger partial charge is 0.315 e. The highest BCUT2D eigenvalue weighted by Crippen LogP contribution is 2.27. The quantitative estimate of drug-likeness (QED) is 0.357. The topological polar surface area (TPSA) is 84.0 Å². The molecule has 2 heterocycles. The van der Waals surface area contributed by atoms with Gasteiger partial charge in [0.2, 0.25) is 10.0 Å². The zero-order valence-electron chi connectivity index (χ0n) is 16.9. The third-order valence-corrected chi connectivity index (χ3v) is 7.69. The Hall–Kier alpha value is -2.26. The van der Waals surface area contributed by atoms with E-state index in [-0.39, 0.29) is 23.9 Å². The lowest BCUT2D eigenvalue weighted by atomic mass is 10.0. The molecule has 1 saturated heterocycles.